The Hall–Kier alpha value is -0.350. The zero-order valence-corrected chi connectivity index (χ0v) is 11.2. The van der Waals surface area contributed by atoms with E-state index in [1.54, 1.807) is 6.07 Å². The summed E-state index contributed by atoms with van der Waals surface area (Å²) in [6, 6.07) is 5.05. The second-order valence-corrected chi connectivity index (χ2v) is 4.54. The molecule has 0 aliphatic carbocycles. The summed E-state index contributed by atoms with van der Waals surface area (Å²) in [4.78, 5) is 2.34. The minimum atomic E-state index is -0.327. The molecule has 0 aromatic heterocycles. The summed E-state index contributed by atoms with van der Waals surface area (Å²) in [7, 11) is 0. The van der Waals surface area contributed by atoms with E-state index in [0.717, 1.165) is 44.7 Å². The molecule has 0 amide bonds. The van der Waals surface area contributed by atoms with Crippen LogP contribution >= 0.6 is 24.0 Å². The van der Waals surface area contributed by atoms with E-state index in [1.165, 1.54) is 6.07 Å². The van der Waals surface area contributed by atoms with E-state index in [-0.39, 0.29) is 23.2 Å². The normalized spacial score (nSPS) is 17.3. The van der Waals surface area contributed by atoms with Crippen molar-refractivity contribution in [2.45, 2.75) is 13.0 Å². The zero-order chi connectivity index (χ0) is 11.4. The van der Waals surface area contributed by atoms with E-state index < -0.39 is 0 Å². The number of hydrogen-bond donors (Lipinski definition) is 1. The average Bonchev–Trinajstić information content (AvgIpc) is 2.52. The lowest BCUT2D eigenvalue weighted by atomic mass is 10.2. The third-order valence-corrected chi connectivity index (χ3v) is 3.13. The standard InChI is InChI=1S/C12H16ClFN2.ClH/c13-11-3-2-10(8-12(11)14)9-16-6-1-4-15-5-7-16;/h2-3,8,15H,1,4-7,9H2;1H. The van der Waals surface area contributed by atoms with Crippen LogP contribution in [0.1, 0.15) is 12.0 Å². The van der Waals surface area contributed by atoms with E-state index in [0.29, 0.717) is 0 Å². The van der Waals surface area contributed by atoms with Gasteiger partial charge < -0.3 is 5.32 Å². The molecule has 1 aromatic carbocycles. The number of benzene rings is 1. The SMILES string of the molecule is Cl.Fc1cc(CN2CCCNCC2)ccc1Cl. The molecule has 0 radical (unpaired) electrons. The van der Waals surface area contributed by atoms with Crippen LogP contribution in [-0.4, -0.2) is 31.1 Å². The highest BCUT2D eigenvalue weighted by Crippen LogP contribution is 2.16. The molecule has 0 unspecified atom stereocenters. The molecule has 2 rings (SSSR count). The first-order valence-corrected chi connectivity index (χ1v) is 6.00. The zero-order valence-electron chi connectivity index (χ0n) is 9.59. The highest BCUT2D eigenvalue weighted by Gasteiger charge is 2.09. The summed E-state index contributed by atoms with van der Waals surface area (Å²) >= 11 is 5.65. The van der Waals surface area contributed by atoms with Gasteiger partial charge in [0.1, 0.15) is 5.82 Å². The first kappa shape index (κ1) is 14.7. The predicted molar refractivity (Wildman–Crippen MR) is 71.4 cm³/mol. The average molecular weight is 279 g/mol. The Bertz CT molecular complexity index is 352. The molecule has 1 heterocycles. The van der Waals surface area contributed by atoms with Gasteiger partial charge in [0.05, 0.1) is 5.02 Å². The minimum absolute atomic E-state index is 0. The lowest BCUT2D eigenvalue weighted by Gasteiger charge is -2.19. The number of nitrogens with zero attached hydrogens (tertiary/aromatic N) is 1. The Morgan fingerprint density at radius 1 is 1.29 bits per heavy atom. The molecule has 1 aliphatic heterocycles. The van der Waals surface area contributed by atoms with Gasteiger partial charge in [-0.25, -0.2) is 4.39 Å². The van der Waals surface area contributed by atoms with Crippen LogP contribution in [0.25, 0.3) is 0 Å². The van der Waals surface area contributed by atoms with Gasteiger partial charge in [0.2, 0.25) is 0 Å². The van der Waals surface area contributed by atoms with Crippen LogP contribution in [0.2, 0.25) is 5.02 Å². The third kappa shape index (κ3) is 4.43. The van der Waals surface area contributed by atoms with E-state index >= 15 is 0 Å². The highest BCUT2D eigenvalue weighted by molar-refractivity contribution is 6.30. The molecule has 0 bridgehead atoms. The van der Waals surface area contributed by atoms with E-state index in [4.69, 9.17) is 11.6 Å². The molecule has 17 heavy (non-hydrogen) atoms. The van der Waals surface area contributed by atoms with Crippen molar-refractivity contribution < 1.29 is 4.39 Å². The lowest BCUT2D eigenvalue weighted by Crippen LogP contribution is -2.27. The van der Waals surface area contributed by atoms with Crippen LogP contribution in [0.5, 0.6) is 0 Å². The molecule has 0 saturated carbocycles. The van der Waals surface area contributed by atoms with E-state index in [2.05, 4.69) is 10.2 Å². The quantitative estimate of drug-likeness (QED) is 0.895. The summed E-state index contributed by atoms with van der Waals surface area (Å²) in [6.07, 6.45) is 1.15. The predicted octanol–water partition coefficient (Wildman–Crippen LogP) is 2.70. The molecule has 1 fully saturated rings. The maximum absolute atomic E-state index is 13.3. The van der Waals surface area contributed by atoms with Crippen molar-refractivity contribution in [3.05, 3.63) is 34.6 Å². The summed E-state index contributed by atoms with van der Waals surface area (Å²) in [5, 5.41) is 3.54. The molecular formula is C12H17Cl2FN2. The van der Waals surface area contributed by atoms with Gasteiger partial charge in [-0.15, -0.1) is 12.4 Å². The lowest BCUT2D eigenvalue weighted by molar-refractivity contribution is 0.284. The largest absolute Gasteiger partial charge is 0.315 e. The monoisotopic (exact) mass is 278 g/mol. The third-order valence-electron chi connectivity index (χ3n) is 2.82. The Balaban J connectivity index is 0.00000144. The number of hydrogen-bond acceptors (Lipinski definition) is 2. The fourth-order valence-corrected chi connectivity index (χ4v) is 2.07. The van der Waals surface area contributed by atoms with Gasteiger partial charge in [-0.3, -0.25) is 4.90 Å². The topological polar surface area (TPSA) is 15.3 Å². The van der Waals surface area contributed by atoms with Gasteiger partial charge in [0, 0.05) is 19.6 Å². The van der Waals surface area contributed by atoms with Crippen LogP contribution in [0.3, 0.4) is 0 Å². The van der Waals surface area contributed by atoms with Gasteiger partial charge in [0.15, 0.2) is 0 Å². The fourth-order valence-electron chi connectivity index (χ4n) is 1.96. The van der Waals surface area contributed by atoms with Crippen LogP contribution in [0.4, 0.5) is 4.39 Å². The molecule has 2 nitrogen and oxygen atoms in total. The van der Waals surface area contributed by atoms with Gasteiger partial charge in [-0.2, -0.15) is 0 Å². The van der Waals surface area contributed by atoms with E-state index in [1.807, 2.05) is 6.07 Å². The van der Waals surface area contributed by atoms with Crippen molar-refractivity contribution in [2.24, 2.45) is 0 Å². The fraction of sp³-hybridized carbons (Fsp3) is 0.500. The molecule has 1 N–H and O–H groups in total. The van der Waals surface area contributed by atoms with Crippen LogP contribution in [0.15, 0.2) is 18.2 Å². The molecule has 0 atom stereocenters. The van der Waals surface area contributed by atoms with Crippen molar-refractivity contribution in [1.82, 2.24) is 10.2 Å². The van der Waals surface area contributed by atoms with Crippen molar-refractivity contribution in [3.63, 3.8) is 0 Å². The van der Waals surface area contributed by atoms with Crippen molar-refractivity contribution in [2.75, 3.05) is 26.2 Å². The number of nitrogens with one attached hydrogen (secondary N) is 1. The first-order chi connectivity index (χ1) is 7.75. The molecule has 5 heteroatoms. The van der Waals surface area contributed by atoms with Crippen molar-refractivity contribution >= 4 is 24.0 Å². The number of rotatable bonds is 2. The molecular weight excluding hydrogens is 262 g/mol. The summed E-state index contributed by atoms with van der Waals surface area (Å²) in [5.41, 5.74) is 0.990. The first-order valence-electron chi connectivity index (χ1n) is 5.63. The Labute approximate surface area is 113 Å². The summed E-state index contributed by atoms with van der Waals surface area (Å²) in [6.45, 7) is 4.97. The van der Waals surface area contributed by atoms with Gasteiger partial charge in [0.25, 0.3) is 0 Å². The minimum Gasteiger partial charge on any atom is -0.315 e. The smallest absolute Gasteiger partial charge is 0.142 e. The van der Waals surface area contributed by atoms with Crippen LogP contribution in [0, 0.1) is 5.82 Å². The number of halogens is 3. The van der Waals surface area contributed by atoms with Crippen molar-refractivity contribution in [1.29, 1.82) is 0 Å². The second kappa shape index (κ2) is 7.17. The van der Waals surface area contributed by atoms with Crippen LogP contribution < -0.4 is 5.32 Å². The molecule has 1 aromatic rings. The Morgan fingerprint density at radius 3 is 2.88 bits per heavy atom. The van der Waals surface area contributed by atoms with Gasteiger partial charge in [-0.1, -0.05) is 17.7 Å². The van der Waals surface area contributed by atoms with Gasteiger partial charge >= 0.3 is 0 Å². The second-order valence-electron chi connectivity index (χ2n) is 4.13. The Morgan fingerprint density at radius 2 is 2.12 bits per heavy atom. The summed E-state index contributed by atoms with van der Waals surface area (Å²) in [5.74, 6) is -0.327. The van der Waals surface area contributed by atoms with Crippen molar-refractivity contribution in [3.8, 4) is 0 Å². The maximum Gasteiger partial charge on any atom is 0.142 e. The van der Waals surface area contributed by atoms with Gasteiger partial charge in [-0.05, 0) is 37.2 Å². The molecule has 96 valence electrons. The molecule has 0 spiro atoms. The molecule has 1 saturated heterocycles. The van der Waals surface area contributed by atoms with E-state index in [9.17, 15) is 4.39 Å². The maximum atomic E-state index is 13.3. The highest BCUT2D eigenvalue weighted by atomic mass is 35.5. The Kier molecular flexibility index (Phi) is 6.20. The van der Waals surface area contributed by atoms with Crippen LogP contribution in [-0.2, 0) is 6.54 Å². The summed E-state index contributed by atoms with van der Waals surface area (Å²) < 4.78 is 13.3. The molecule has 1 aliphatic rings.